The van der Waals surface area contributed by atoms with Crippen LogP contribution in [0.2, 0.25) is 5.02 Å². The van der Waals surface area contributed by atoms with Crippen LogP contribution in [-0.2, 0) is 6.54 Å². The van der Waals surface area contributed by atoms with Crippen molar-refractivity contribution in [1.82, 2.24) is 9.55 Å². The van der Waals surface area contributed by atoms with Crippen LogP contribution in [0.15, 0.2) is 48.5 Å². The summed E-state index contributed by atoms with van der Waals surface area (Å²) >= 11 is 9.22. The molecule has 0 amide bonds. The number of aromatic nitrogens is 2. The van der Waals surface area contributed by atoms with Crippen LogP contribution < -0.4 is 0 Å². The van der Waals surface area contributed by atoms with Crippen LogP contribution in [0.4, 0.5) is 0 Å². The number of Topliss-reactive ketones (excluding diaryl/α,β-unsaturated/α-hetero) is 1. The van der Waals surface area contributed by atoms with Crippen LogP contribution in [-0.4, -0.2) is 20.7 Å². The van der Waals surface area contributed by atoms with Gasteiger partial charge in [-0.1, -0.05) is 57.9 Å². The van der Waals surface area contributed by atoms with Gasteiger partial charge in [-0.15, -0.1) is 0 Å². The highest BCUT2D eigenvalue weighted by Gasteiger charge is 2.17. The molecule has 0 aliphatic rings. The van der Waals surface area contributed by atoms with Crippen molar-refractivity contribution in [3.05, 3.63) is 64.9 Å². The Labute approximate surface area is 135 Å². The van der Waals surface area contributed by atoms with Crippen LogP contribution in [0, 0.1) is 0 Å². The second-order valence-electron chi connectivity index (χ2n) is 4.70. The topological polar surface area (TPSA) is 34.9 Å². The van der Waals surface area contributed by atoms with E-state index in [1.54, 1.807) is 6.07 Å². The molecule has 21 heavy (non-hydrogen) atoms. The Kier molecular flexibility index (Phi) is 4.08. The van der Waals surface area contributed by atoms with E-state index < -0.39 is 0 Å². The van der Waals surface area contributed by atoms with Crippen LogP contribution in [0.25, 0.3) is 11.0 Å². The lowest BCUT2D eigenvalue weighted by molar-refractivity contribution is 0.101. The Bertz CT molecular complexity index is 799. The number of carbonyl (C=O) groups is 1. The maximum absolute atomic E-state index is 12.1. The third-order valence-corrected chi connectivity index (χ3v) is 4.01. The summed E-state index contributed by atoms with van der Waals surface area (Å²) in [5.74, 6) is 0.409. The molecule has 106 valence electrons. The molecular weight excluding hydrogens is 352 g/mol. The van der Waals surface area contributed by atoms with Gasteiger partial charge in [0.1, 0.15) is 0 Å². The molecule has 0 atom stereocenters. The second-order valence-corrected chi connectivity index (χ2v) is 5.69. The standard InChI is InChI=1S/C16H12BrClN2O/c17-9-15(21)16-19-13-8-12(18)6-7-14(13)20(16)10-11-4-2-1-3-5-11/h1-8H,9-10H2. The maximum atomic E-state index is 12.1. The van der Waals surface area contributed by atoms with Gasteiger partial charge in [0.2, 0.25) is 5.78 Å². The smallest absolute Gasteiger partial charge is 0.208 e. The minimum atomic E-state index is -0.0433. The SMILES string of the molecule is O=C(CBr)c1nc2cc(Cl)ccc2n1Cc1ccccc1. The Morgan fingerprint density at radius 3 is 2.67 bits per heavy atom. The molecule has 3 rings (SSSR count). The zero-order valence-electron chi connectivity index (χ0n) is 11.1. The average Bonchev–Trinajstić information content (AvgIpc) is 2.85. The molecule has 0 saturated carbocycles. The minimum absolute atomic E-state index is 0.0433. The van der Waals surface area contributed by atoms with E-state index in [1.165, 1.54) is 0 Å². The van der Waals surface area contributed by atoms with Crippen LogP contribution in [0.3, 0.4) is 0 Å². The molecule has 0 saturated heterocycles. The second kappa shape index (κ2) is 6.00. The molecule has 1 aromatic heterocycles. The number of imidazole rings is 1. The lowest BCUT2D eigenvalue weighted by Gasteiger charge is -2.08. The molecule has 5 heteroatoms. The summed E-state index contributed by atoms with van der Waals surface area (Å²) in [6.45, 7) is 0.604. The number of ketones is 1. The van der Waals surface area contributed by atoms with Crippen molar-refractivity contribution >= 4 is 44.3 Å². The normalized spacial score (nSPS) is 11.0. The van der Waals surface area contributed by atoms with Crippen molar-refractivity contribution < 1.29 is 4.79 Å². The average molecular weight is 364 g/mol. The van der Waals surface area contributed by atoms with Crippen molar-refractivity contribution in [3.8, 4) is 0 Å². The monoisotopic (exact) mass is 362 g/mol. The third kappa shape index (κ3) is 2.87. The summed E-state index contributed by atoms with van der Waals surface area (Å²) < 4.78 is 1.94. The number of benzene rings is 2. The number of rotatable bonds is 4. The van der Waals surface area contributed by atoms with Crippen molar-refractivity contribution in [2.45, 2.75) is 6.54 Å². The predicted octanol–water partition coefficient (Wildman–Crippen LogP) is 4.32. The number of nitrogens with zero attached hydrogens (tertiary/aromatic N) is 2. The molecule has 0 N–H and O–H groups in total. The van der Waals surface area contributed by atoms with E-state index in [9.17, 15) is 4.79 Å². The fourth-order valence-electron chi connectivity index (χ4n) is 2.30. The number of carbonyl (C=O) groups excluding carboxylic acids is 1. The first kappa shape index (κ1) is 14.3. The summed E-state index contributed by atoms with van der Waals surface area (Å²) in [4.78, 5) is 16.6. The van der Waals surface area contributed by atoms with Gasteiger partial charge < -0.3 is 4.57 Å². The van der Waals surface area contributed by atoms with Crippen molar-refractivity contribution in [2.24, 2.45) is 0 Å². The van der Waals surface area contributed by atoms with E-state index >= 15 is 0 Å². The van der Waals surface area contributed by atoms with E-state index in [2.05, 4.69) is 20.9 Å². The van der Waals surface area contributed by atoms with E-state index in [4.69, 9.17) is 11.6 Å². The largest absolute Gasteiger partial charge is 0.317 e. The van der Waals surface area contributed by atoms with Crippen molar-refractivity contribution in [3.63, 3.8) is 0 Å². The van der Waals surface area contributed by atoms with Gasteiger partial charge in [0.15, 0.2) is 5.82 Å². The quantitative estimate of drug-likeness (QED) is 0.511. The highest BCUT2D eigenvalue weighted by molar-refractivity contribution is 9.09. The first-order valence-electron chi connectivity index (χ1n) is 6.48. The number of alkyl halides is 1. The van der Waals surface area contributed by atoms with E-state index in [0.29, 0.717) is 17.4 Å². The molecule has 1 heterocycles. The first-order valence-corrected chi connectivity index (χ1v) is 7.98. The summed E-state index contributed by atoms with van der Waals surface area (Å²) in [6.07, 6.45) is 0. The molecular formula is C16H12BrClN2O. The number of halogens is 2. The molecule has 0 aliphatic carbocycles. The fraction of sp³-hybridized carbons (Fsp3) is 0.125. The fourth-order valence-corrected chi connectivity index (χ4v) is 2.72. The summed E-state index contributed by atoms with van der Waals surface area (Å²) in [6, 6.07) is 15.5. The molecule has 2 aromatic carbocycles. The Morgan fingerprint density at radius 1 is 1.19 bits per heavy atom. The highest BCUT2D eigenvalue weighted by atomic mass is 79.9. The number of hydrogen-bond acceptors (Lipinski definition) is 2. The molecule has 3 aromatic rings. The molecule has 0 fully saturated rings. The minimum Gasteiger partial charge on any atom is -0.317 e. The lowest BCUT2D eigenvalue weighted by Crippen LogP contribution is -2.12. The lowest BCUT2D eigenvalue weighted by atomic mass is 10.2. The Balaban J connectivity index is 2.15. The van der Waals surface area contributed by atoms with Crippen LogP contribution in [0.1, 0.15) is 16.2 Å². The van der Waals surface area contributed by atoms with E-state index in [0.717, 1.165) is 16.6 Å². The predicted molar refractivity (Wildman–Crippen MR) is 88.4 cm³/mol. The van der Waals surface area contributed by atoms with Crippen molar-refractivity contribution in [1.29, 1.82) is 0 Å². The summed E-state index contributed by atoms with van der Waals surface area (Å²) in [7, 11) is 0. The van der Waals surface area contributed by atoms with Crippen molar-refractivity contribution in [2.75, 3.05) is 5.33 Å². The first-order chi connectivity index (χ1) is 10.2. The van der Waals surface area contributed by atoms with Crippen LogP contribution >= 0.6 is 27.5 Å². The van der Waals surface area contributed by atoms with E-state index in [1.807, 2.05) is 47.0 Å². The molecule has 0 spiro atoms. The van der Waals surface area contributed by atoms with Gasteiger partial charge in [0.25, 0.3) is 0 Å². The van der Waals surface area contributed by atoms with Gasteiger partial charge in [0, 0.05) is 11.6 Å². The molecule has 0 unspecified atom stereocenters. The highest BCUT2D eigenvalue weighted by Crippen LogP contribution is 2.22. The third-order valence-electron chi connectivity index (χ3n) is 3.26. The number of fused-ring (bicyclic) bond motifs is 1. The molecule has 3 nitrogen and oxygen atoms in total. The van der Waals surface area contributed by atoms with Gasteiger partial charge in [-0.25, -0.2) is 4.98 Å². The summed E-state index contributed by atoms with van der Waals surface area (Å²) in [5.41, 5.74) is 2.77. The van der Waals surface area contributed by atoms with Crippen LogP contribution in [0.5, 0.6) is 0 Å². The van der Waals surface area contributed by atoms with Gasteiger partial charge in [-0.05, 0) is 23.8 Å². The Hall–Kier alpha value is -1.65. The van der Waals surface area contributed by atoms with Gasteiger partial charge in [0.05, 0.1) is 16.4 Å². The van der Waals surface area contributed by atoms with Gasteiger partial charge in [-0.2, -0.15) is 0 Å². The number of hydrogen-bond donors (Lipinski definition) is 0. The van der Waals surface area contributed by atoms with E-state index in [-0.39, 0.29) is 11.1 Å². The van der Waals surface area contributed by atoms with Gasteiger partial charge >= 0.3 is 0 Å². The molecule has 0 aliphatic heterocycles. The zero-order chi connectivity index (χ0) is 14.8. The molecule has 0 bridgehead atoms. The summed E-state index contributed by atoms with van der Waals surface area (Å²) in [5, 5.41) is 0.864. The zero-order valence-corrected chi connectivity index (χ0v) is 13.4. The Morgan fingerprint density at radius 2 is 1.95 bits per heavy atom. The maximum Gasteiger partial charge on any atom is 0.208 e. The van der Waals surface area contributed by atoms with Gasteiger partial charge in [-0.3, -0.25) is 4.79 Å². The molecule has 0 radical (unpaired) electrons.